The van der Waals surface area contributed by atoms with Crippen LogP contribution in [0, 0.1) is 17.4 Å². The van der Waals surface area contributed by atoms with Gasteiger partial charge in [0.25, 0.3) is 0 Å². The van der Waals surface area contributed by atoms with Crippen molar-refractivity contribution in [2.75, 3.05) is 0 Å². The molecular weight excluding hydrogens is 178 g/mol. The summed E-state index contributed by atoms with van der Waals surface area (Å²) in [4.78, 5) is 1.12. The van der Waals surface area contributed by atoms with Crippen molar-refractivity contribution < 1.29 is 0 Å². The maximum atomic E-state index is 8.60. The number of hydrogen-bond acceptors (Lipinski definition) is 2. The smallest absolute Gasteiger partial charge is 0.0991 e. The Morgan fingerprint density at radius 2 is 2.00 bits per heavy atom. The molecule has 0 atom stereocenters. The van der Waals surface area contributed by atoms with E-state index < -0.39 is 0 Å². The molecule has 0 N–H and O–H groups in total. The van der Waals surface area contributed by atoms with Gasteiger partial charge in [0.05, 0.1) is 11.6 Å². The molecule has 0 aliphatic heterocycles. The van der Waals surface area contributed by atoms with E-state index in [0.717, 1.165) is 10.4 Å². The Morgan fingerprint density at radius 3 is 2.54 bits per heavy atom. The van der Waals surface area contributed by atoms with Crippen LogP contribution in [0.1, 0.15) is 5.56 Å². The van der Waals surface area contributed by atoms with Gasteiger partial charge in [-0.25, -0.2) is 0 Å². The highest BCUT2D eigenvalue weighted by molar-refractivity contribution is 7.13. The summed E-state index contributed by atoms with van der Waals surface area (Å²) in [6.45, 7) is 0. The summed E-state index contributed by atoms with van der Waals surface area (Å²) in [5.41, 5.74) is 1.81. The topological polar surface area (TPSA) is 23.8 Å². The van der Waals surface area contributed by atoms with E-state index in [1.807, 2.05) is 35.7 Å². The van der Waals surface area contributed by atoms with Gasteiger partial charge in [0.1, 0.15) is 0 Å². The van der Waals surface area contributed by atoms with Gasteiger partial charge in [-0.05, 0) is 29.1 Å². The molecule has 61 valence electrons. The molecular formula is C11H6NS. The third kappa shape index (κ3) is 1.61. The van der Waals surface area contributed by atoms with Crippen molar-refractivity contribution in [3.63, 3.8) is 0 Å². The molecule has 0 unspecified atom stereocenters. The Hall–Kier alpha value is -1.59. The number of hydrogen-bond donors (Lipinski definition) is 0. The molecule has 0 aliphatic carbocycles. The average molecular weight is 184 g/mol. The Balaban J connectivity index is 2.40. The van der Waals surface area contributed by atoms with Crippen LogP contribution in [0.3, 0.4) is 0 Å². The third-order valence-electron chi connectivity index (χ3n) is 1.74. The second kappa shape index (κ2) is 3.42. The summed E-state index contributed by atoms with van der Waals surface area (Å²) < 4.78 is 0. The minimum atomic E-state index is 0.695. The molecule has 0 saturated carbocycles. The zero-order valence-corrected chi connectivity index (χ0v) is 7.64. The lowest BCUT2D eigenvalue weighted by Gasteiger charge is -1.95. The highest BCUT2D eigenvalue weighted by Crippen LogP contribution is 2.23. The van der Waals surface area contributed by atoms with Crippen LogP contribution in [-0.2, 0) is 0 Å². The third-order valence-corrected chi connectivity index (χ3v) is 2.61. The molecule has 2 rings (SSSR count). The van der Waals surface area contributed by atoms with Gasteiger partial charge in [-0.3, -0.25) is 0 Å². The van der Waals surface area contributed by atoms with Gasteiger partial charge in [-0.15, -0.1) is 11.3 Å². The molecule has 0 saturated heterocycles. The molecule has 2 heteroatoms. The predicted octanol–water partition coefficient (Wildman–Crippen LogP) is 3.09. The van der Waals surface area contributed by atoms with Gasteiger partial charge in [0, 0.05) is 10.9 Å². The van der Waals surface area contributed by atoms with Crippen LogP contribution in [0.25, 0.3) is 10.4 Å². The van der Waals surface area contributed by atoms with Gasteiger partial charge in [-0.1, -0.05) is 12.1 Å². The van der Waals surface area contributed by atoms with E-state index in [4.69, 9.17) is 5.26 Å². The minimum Gasteiger partial charge on any atom is -0.192 e. The molecule has 0 fully saturated rings. The van der Waals surface area contributed by atoms with Crippen molar-refractivity contribution in [2.24, 2.45) is 0 Å². The summed E-state index contributed by atoms with van der Waals surface area (Å²) in [6, 6.07) is 14.7. The first-order valence-electron chi connectivity index (χ1n) is 3.86. The van der Waals surface area contributed by atoms with E-state index in [-0.39, 0.29) is 0 Å². The van der Waals surface area contributed by atoms with Crippen LogP contribution in [-0.4, -0.2) is 0 Å². The minimum absolute atomic E-state index is 0.695. The van der Waals surface area contributed by atoms with Crippen LogP contribution >= 0.6 is 11.3 Å². The van der Waals surface area contributed by atoms with Crippen molar-refractivity contribution >= 4 is 11.3 Å². The lowest BCUT2D eigenvalue weighted by molar-refractivity contribution is 1.49. The standard InChI is InChI=1S/C11H6NS/c12-8-9-3-5-10(6-4-9)11-2-1-7-13-11/h1,3-7H. The second-order valence-corrected chi connectivity index (χ2v) is 3.50. The highest BCUT2D eigenvalue weighted by atomic mass is 32.1. The fraction of sp³-hybridized carbons (Fsp3) is 0. The molecule has 1 heterocycles. The summed E-state index contributed by atoms with van der Waals surface area (Å²) in [5, 5.41) is 10.6. The maximum Gasteiger partial charge on any atom is 0.0991 e. The SMILES string of the molecule is N#Cc1ccc(-c2[c]ccs2)cc1. The van der Waals surface area contributed by atoms with Gasteiger partial charge in [0.15, 0.2) is 0 Å². The zero-order chi connectivity index (χ0) is 9.10. The van der Waals surface area contributed by atoms with E-state index in [1.54, 1.807) is 11.3 Å². The van der Waals surface area contributed by atoms with Crippen molar-refractivity contribution in [1.82, 2.24) is 0 Å². The predicted molar refractivity (Wildman–Crippen MR) is 53.3 cm³/mol. The van der Waals surface area contributed by atoms with Gasteiger partial charge >= 0.3 is 0 Å². The molecule has 2 aromatic rings. The molecule has 1 radical (unpaired) electrons. The van der Waals surface area contributed by atoms with Crippen LogP contribution in [0.5, 0.6) is 0 Å². The first kappa shape index (κ1) is 8.03. The molecule has 1 aromatic heterocycles. The molecule has 1 aromatic carbocycles. The zero-order valence-electron chi connectivity index (χ0n) is 6.82. The summed E-state index contributed by atoms with van der Waals surface area (Å²) in [7, 11) is 0. The first-order chi connectivity index (χ1) is 6.40. The molecule has 13 heavy (non-hydrogen) atoms. The molecule has 0 amide bonds. The number of nitrogens with zero attached hydrogens (tertiary/aromatic N) is 1. The molecule has 0 aliphatic rings. The second-order valence-electron chi connectivity index (χ2n) is 2.58. The fourth-order valence-electron chi connectivity index (χ4n) is 1.09. The van der Waals surface area contributed by atoms with Gasteiger partial charge < -0.3 is 0 Å². The Bertz CT molecular complexity index is 420. The Kier molecular flexibility index (Phi) is 2.11. The Morgan fingerprint density at radius 1 is 1.23 bits per heavy atom. The maximum absolute atomic E-state index is 8.60. The van der Waals surface area contributed by atoms with Crippen molar-refractivity contribution in [3.05, 3.63) is 47.3 Å². The van der Waals surface area contributed by atoms with Crippen molar-refractivity contribution in [3.8, 4) is 16.5 Å². The number of nitriles is 1. The summed E-state index contributed by atoms with van der Waals surface area (Å²) >= 11 is 1.65. The van der Waals surface area contributed by atoms with Crippen molar-refractivity contribution in [2.45, 2.75) is 0 Å². The quantitative estimate of drug-likeness (QED) is 0.668. The summed E-state index contributed by atoms with van der Waals surface area (Å²) in [6.07, 6.45) is 0. The van der Waals surface area contributed by atoms with E-state index in [0.29, 0.717) is 5.56 Å². The van der Waals surface area contributed by atoms with Gasteiger partial charge in [-0.2, -0.15) is 5.26 Å². The molecule has 0 spiro atoms. The summed E-state index contributed by atoms with van der Waals surface area (Å²) in [5.74, 6) is 0. The number of benzene rings is 1. The van der Waals surface area contributed by atoms with Crippen LogP contribution in [0.2, 0.25) is 0 Å². The van der Waals surface area contributed by atoms with Crippen LogP contribution < -0.4 is 0 Å². The normalized spacial score (nSPS) is 9.46. The van der Waals surface area contributed by atoms with Gasteiger partial charge in [0.2, 0.25) is 0 Å². The van der Waals surface area contributed by atoms with Crippen molar-refractivity contribution in [1.29, 1.82) is 5.26 Å². The molecule has 1 nitrogen and oxygen atoms in total. The number of rotatable bonds is 1. The van der Waals surface area contributed by atoms with Crippen LogP contribution in [0.4, 0.5) is 0 Å². The largest absolute Gasteiger partial charge is 0.192 e. The van der Waals surface area contributed by atoms with E-state index in [2.05, 4.69) is 12.1 Å². The van der Waals surface area contributed by atoms with Crippen LogP contribution in [0.15, 0.2) is 35.7 Å². The number of thiophene rings is 1. The lowest BCUT2D eigenvalue weighted by Crippen LogP contribution is -1.74. The highest BCUT2D eigenvalue weighted by Gasteiger charge is 1.97. The average Bonchev–Trinajstić information content (AvgIpc) is 2.71. The Labute approximate surface area is 80.9 Å². The fourth-order valence-corrected chi connectivity index (χ4v) is 1.77. The van der Waals surface area contributed by atoms with E-state index >= 15 is 0 Å². The van der Waals surface area contributed by atoms with E-state index in [9.17, 15) is 0 Å². The van der Waals surface area contributed by atoms with E-state index in [1.165, 1.54) is 0 Å². The first-order valence-corrected chi connectivity index (χ1v) is 4.74. The monoisotopic (exact) mass is 184 g/mol. The lowest BCUT2D eigenvalue weighted by atomic mass is 10.1. The molecule has 0 bridgehead atoms.